The fourth-order valence-electron chi connectivity index (χ4n) is 3.61. The van der Waals surface area contributed by atoms with Crippen LogP contribution in [0.4, 0.5) is 4.39 Å². The molecule has 0 amide bonds. The van der Waals surface area contributed by atoms with Crippen LogP contribution in [0.5, 0.6) is 0 Å². The maximum atomic E-state index is 13.4. The molecular formula is C16H17FN2O2. The van der Waals surface area contributed by atoms with Gasteiger partial charge in [0.25, 0.3) is 0 Å². The van der Waals surface area contributed by atoms with E-state index in [-0.39, 0.29) is 17.2 Å². The van der Waals surface area contributed by atoms with Gasteiger partial charge >= 0.3 is 5.97 Å². The molecule has 0 bridgehead atoms. The summed E-state index contributed by atoms with van der Waals surface area (Å²) < 4.78 is 15.6. The maximum absolute atomic E-state index is 13.4. The standard InChI is InChI=1S/C16H17FN2O2/c1-16(2)12(13(16)15(20)21)14-18-10-7-8(17)3-6-11(10)19(14)9-4-5-9/h3,6-7,9,12-13H,4-5H2,1-2H3,(H,20,21). The summed E-state index contributed by atoms with van der Waals surface area (Å²) in [6.45, 7) is 3.93. The summed E-state index contributed by atoms with van der Waals surface area (Å²) in [5.41, 5.74) is 1.25. The largest absolute Gasteiger partial charge is 0.481 e. The Balaban J connectivity index is 1.89. The fourth-order valence-corrected chi connectivity index (χ4v) is 3.61. The zero-order chi connectivity index (χ0) is 14.9. The number of nitrogens with zero attached hydrogens (tertiary/aromatic N) is 2. The molecule has 2 aromatic rings. The molecule has 4 nitrogen and oxygen atoms in total. The average molecular weight is 288 g/mol. The Bertz CT molecular complexity index is 761. The van der Waals surface area contributed by atoms with E-state index in [9.17, 15) is 14.3 Å². The molecule has 2 atom stereocenters. The Morgan fingerprint density at radius 3 is 2.71 bits per heavy atom. The van der Waals surface area contributed by atoms with Crippen molar-refractivity contribution in [2.45, 2.75) is 38.6 Å². The third-order valence-corrected chi connectivity index (χ3v) is 4.96. The Kier molecular flexibility index (Phi) is 2.34. The van der Waals surface area contributed by atoms with E-state index < -0.39 is 11.9 Å². The predicted molar refractivity (Wildman–Crippen MR) is 75.6 cm³/mol. The quantitative estimate of drug-likeness (QED) is 0.942. The summed E-state index contributed by atoms with van der Waals surface area (Å²) in [5, 5.41) is 9.39. The lowest BCUT2D eigenvalue weighted by Gasteiger charge is -2.08. The Morgan fingerprint density at radius 2 is 2.14 bits per heavy atom. The summed E-state index contributed by atoms with van der Waals surface area (Å²) in [7, 11) is 0. The number of rotatable bonds is 3. The van der Waals surface area contributed by atoms with E-state index in [0.717, 1.165) is 24.2 Å². The van der Waals surface area contributed by atoms with E-state index in [1.54, 1.807) is 6.07 Å². The van der Waals surface area contributed by atoms with Crippen LogP contribution in [-0.2, 0) is 4.79 Å². The second-order valence-electron chi connectivity index (χ2n) is 6.82. The summed E-state index contributed by atoms with van der Waals surface area (Å²) in [5.74, 6) is -0.761. The Morgan fingerprint density at radius 1 is 1.43 bits per heavy atom. The van der Waals surface area contributed by atoms with Gasteiger partial charge in [-0.3, -0.25) is 4.79 Å². The number of fused-ring (bicyclic) bond motifs is 1. The van der Waals surface area contributed by atoms with Gasteiger partial charge in [0, 0.05) is 18.0 Å². The topological polar surface area (TPSA) is 55.1 Å². The first kappa shape index (κ1) is 12.8. The number of carboxylic acid groups (broad SMARTS) is 1. The zero-order valence-electron chi connectivity index (χ0n) is 12.0. The summed E-state index contributed by atoms with van der Waals surface area (Å²) in [4.78, 5) is 16.0. The molecule has 2 aliphatic carbocycles. The van der Waals surface area contributed by atoms with Crippen LogP contribution in [0.3, 0.4) is 0 Å². The molecule has 0 spiro atoms. The third-order valence-electron chi connectivity index (χ3n) is 4.96. The number of imidazole rings is 1. The lowest BCUT2D eigenvalue weighted by atomic mass is 10.1. The van der Waals surface area contributed by atoms with Gasteiger partial charge in [0.1, 0.15) is 11.6 Å². The molecule has 2 fully saturated rings. The minimum atomic E-state index is -0.773. The van der Waals surface area contributed by atoms with Gasteiger partial charge in [-0.05, 0) is 30.4 Å². The second-order valence-corrected chi connectivity index (χ2v) is 6.82. The molecule has 0 radical (unpaired) electrons. The minimum absolute atomic E-state index is 0.0916. The molecule has 5 heteroatoms. The first-order valence-electron chi connectivity index (χ1n) is 7.31. The van der Waals surface area contributed by atoms with Gasteiger partial charge in [0.15, 0.2) is 0 Å². The monoisotopic (exact) mass is 288 g/mol. The highest BCUT2D eigenvalue weighted by molar-refractivity contribution is 5.80. The van der Waals surface area contributed by atoms with Gasteiger partial charge in [0.2, 0.25) is 0 Å². The molecule has 21 heavy (non-hydrogen) atoms. The molecule has 0 aliphatic heterocycles. The van der Waals surface area contributed by atoms with Crippen LogP contribution in [0.2, 0.25) is 0 Å². The third kappa shape index (κ3) is 1.73. The highest BCUT2D eigenvalue weighted by atomic mass is 19.1. The van der Waals surface area contributed by atoms with Crippen LogP contribution < -0.4 is 0 Å². The molecule has 110 valence electrons. The van der Waals surface area contributed by atoms with Crippen LogP contribution in [0.15, 0.2) is 18.2 Å². The SMILES string of the molecule is CC1(C)C(C(=O)O)C1c1nc2cc(F)ccc2n1C1CC1. The van der Waals surface area contributed by atoms with E-state index >= 15 is 0 Å². The molecule has 1 aromatic carbocycles. The van der Waals surface area contributed by atoms with Crippen LogP contribution in [0.1, 0.15) is 44.5 Å². The summed E-state index contributed by atoms with van der Waals surface area (Å²) in [6.07, 6.45) is 2.17. The van der Waals surface area contributed by atoms with Crippen molar-refractivity contribution in [3.8, 4) is 0 Å². The molecule has 1 aromatic heterocycles. The van der Waals surface area contributed by atoms with E-state index in [2.05, 4.69) is 9.55 Å². The van der Waals surface area contributed by atoms with E-state index in [0.29, 0.717) is 11.6 Å². The van der Waals surface area contributed by atoms with E-state index in [1.807, 2.05) is 13.8 Å². The smallest absolute Gasteiger partial charge is 0.307 e. The van der Waals surface area contributed by atoms with Crippen molar-refractivity contribution >= 4 is 17.0 Å². The van der Waals surface area contributed by atoms with Crippen LogP contribution in [-0.4, -0.2) is 20.6 Å². The van der Waals surface area contributed by atoms with Crippen molar-refractivity contribution in [2.75, 3.05) is 0 Å². The van der Waals surface area contributed by atoms with Crippen molar-refractivity contribution in [3.63, 3.8) is 0 Å². The van der Waals surface area contributed by atoms with Crippen LogP contribution in [0.25, 0.3) is 11.0 Å². The number of hydrogen-bond donors (Lipinski definition) is 1. The molecular weight excluding hydrogens is 271 g/mol. The molecule has 0 saturated heterocycles. The zero-order valence-corrected chi connectivity index (χ0v) is 12.0. The number of hydrogen-bond acceptors (Lipinski definition) is 2. The number of aliphatic carboxylic acids is 1. The first-order valence-corrected chi connectivity index (χ1v) is 7.31. The van der Waals surface area contributed by atoms with Crippen LogP contribution >= 0.6 is 0 Å². The van der Waals surface area contributed by atoms with E-state index in [4.69, 9.17) is 0 Å². The molecule has 1 heterocycles. The van der Waals surface area contributed by atoms with Crippen molar-refractivity contribution in [2.24, 2.45) is 11.3 Å². The second kappa shape index (κ2) is 3.84. The van der Waals surface area contributed by atoms with Gasteiger partial charge < -0.3 is 9.67 Å². The Hall–Kier alpha value is -1.91. The normalized spacial score (nSPS) is 27.0. The van der Waals surface area contributed by atoms with Gasteiger partial charge in [-0.2, -0.15) is 0 Å². The predicted octanol–water partition coefficient (Wildman–Crippen LogP) is 3.33. The minimum Gasteiger partial charge on any atom is -0.481 e. The number of aromatic nitrogens is 2. The van der Waals surface area contributed by atoms with Gasteiger partial charge in [-0.15, -0.1) is 0 Å². The molecule has 4 rings (SSSR count). The van der Waals surface area contributed by atoms with E-state index in [1.165, 1.54) is 12.1 Å². The fraction of sp³-hybridized carbons (Fsp3) is 0.500. The van der Waals surface area contributed by atoms with Crippen molar-refractivity contribution in [1.29, 1.82) is 0 Å². The number of carbonyl (C=O) groups is 1. The van der Waals surface area contributed by atoms with Gasteiger partial charge in [-0.1, -0.05) is 13.8 Å². The molecule has 2 aliphatic rings. The molecule has 2 unspecified atom stereocenters. The number of benzene rings is 1. The first-order chi connectivity index (χ1) is 9.91. The van der Waals surface area contributed by atoms with Gasteiger partial charge in [0.05, 0.1) is 17.0 Å². The lowest BCUT2D eigenvalue weighted by molar-refractivity contribution is -0.139. The van der Waals surface area contributed by atoms with Crippen molar-refractivity contribution < 1.29 is 14.3 Å². The lowest BCUT2D eigenvalue weighted by Crippen LogP contribution is -2.04. The van der Waals surface area contributed by atoms with Crippen molar-refractivity contribution in [1.82, 2.24) is 9.55 Å². The maximum Gasteiger partial charge on any atom is 0.307 e. The highest BCUT2D eigenvalue weighted by Crippen LogP contribution is 2.65. The summed E-state index contributed by atoms with van der Waals surface area (Å²) in [6, 6.07) is 5.02. The number of halogens is 1. The van der Waals surface area contributed by atoms with Crippen LogP contribution in [0, 0.1) is 17.2 Å². The van der Waals surface area contributed by atoms with Crippen molar-refractivity contribution in [3.05, 3.63) is 29.8 Å². The number of carboxylic acids is 1. The Labute approximate surface area is 121 Å². The molecule has 2 saturated carbocycles. The van der Waals surface area contributed by atoms with Gasteiger partial charge in [-0.25, -0.2) is 9.37 Å². The summed E-state index contributed by atoms with van der Waals surface area (Å²) >= 11 is 0. The molecule has 1 N–H and O–H groups in total. The average Bonchev–Trinajstić information content (AvgIpc) is 3.27. The highest BCUT2D eigenvalue weighted by Gasteiger charge is 2.65.